The molecule has 2 nitrogen and oxygen atoms in total. The first-order chi connectivity index (χ1) is 12.6. The molecule has 0 bridgehead atoms. The Balaban J connectivity index is 0.000000460. The van der Waals surface area contributed by atoms with Crippen LogP contribution in [0.15, 0.2) is 0 Å². The van der Waals surface area contributed by atoms with E-state index in [0.29, 0.717) is 0 Å². The molecule has 0 spiro atoms. The smallest absolute Gasteiger partial charge is 0.00388 e. The van der Waals surface area contributed by atoms with Gasteiger partial charge in [-0.25, -0.2) is 0 Å². The molecule has 0 N–H and O–H groups in total. The Bertz CT molecular complexity index is 341. The summed E-state index contributed by atoms with van der Waals surface area (Å²) in [4.78, 5) is 5.09. The van der Waals surface area contributed by atoms with Gasteiger partial charge in [0.05, 0.1) is 0 Å². The van der Waals surface area contributed by atoms with Gasteiger partial charge in [-0.2, -0.15) is 0 Å². The molecular formula is C25H54N2. The minimum Gasteiger partial charge on any atom is -0.306 e. The molecule has 27 heavy (non-hydrogen) atoms. The molecule has 0 aromatic rings. The topological polar surface area (TPSA) is 6.48 Å². The van der Waals surface area contributed by atoms with Crippen molar-refractivity contribution >= 4 is 0 Å². The van der Waals surface area contributed by atoms with Crippen LogP contribution in [0, 0.1) is 41.4 Å². The van der Waals surface area contributed by atoms with E-state index >= 15 is 0 Å². The molecule has 0 saturated carbocycles. The summed E-state index contributed by atoms with van der Waals surface area (Å²) in [6, 6.07) is 0.725. The number of nitrogens with zero attached hydrogens (tertiary/aromatic N) is 2. The fourth-order valence-corrected chi connectivity index (χ4v) is 6.05. The molecule has 2 saturated heterocycles. The van der Waals surface area contributed by atoms with Gasteiger partial charge in [0.2, 0.25) is 0 Å². The van der Waals surface area contributed by atoms with Crippen molar-refractivity contribution in [3.8, 4) is 0 Å². The standard InChI is InChI=1S/C12H25N.C11H23N.C2H6/c1-6-12-10(4)7-13(9(2)3)8-11(12)5;1-8(2)11-9(3)6-12(5)7-10(11)4;1-2/h9-12H,6-8H2,1-5H3;8-11H,6-7H2,1-5H3;1-2H3/t10-,11-;;/m1../s1. The SMILES string of the molecule is CC.CC(C)C1C(C)CN(C)CC1C.CCC1[C@H](C)CN(C(C)C)C[C@H]1C. The molecule has 2 heteroatoms. The summed E-state index contributed by atoms with van der Waals surface area (Å²) < 4.78 is 0. The van der Waals surface area contributed by atoms with Crippen LogP contribution in [0.3, 0.4) is 0 Å². The number of rotatable bonds is 3. The highest BCUT2D eigenvalue weighted by Gasteiger charge is 2.32. The van der Waals surface area contributed by atoms with E-state index in [0.717, 1.165) is 47.5 Å². The van der Waals surface area contributed by atoms with Gasteiger partial charge in [0.25, 0.3) is 0 Å². The maximum Gasteiger partial charge on any atom is 0.00388 e. The zero-order valence-corrected chi connectivity index (χ0v) is 21.0. The summed E-state index contributed by atoms with van der Waals surface area (Å²) >= 11 is 0. The van der Waals surface area contributed by atoms with E-state index in [-0.39, 0.29) is 0 Å². The molecule has 0 aromatic carbocycles. The average Bonchev–Trinajstić information content (AvgIpc) is 2.55. The first kappa shape index (κ1) is 26.9. The summed E-state index contributed by atoms with van der Waals surface area (Å²) in [5.74, 6) is 6.25. The third-order valence-corrected chi connectivity index (χ3v) is 6.99. The van der Waals surface area contributed by atoms with Crippen LogP contribution >= 0.6 is 0 Å². The summed E-state index contributed by atoms with van der Waals surface area (Å²) in [5, 5.41) is 0. The molecule has 0 aromatic heterocycles. The Hall–Kier alpha value is -0.0800. The van der Waals surface area contributed by atoms with E-state index in [9.17, 15) is 0 Å². The molecule has 2 aliphatic heterocycles. The Labute approximate surface area is 173 Å². The second kappa shape index (κ2) is 13.2. The van der Waals surface area contributed by atoms with E-state index in [1.54, 1.807) is 0 Å². The molecule has 2 aliphatic rings. The summed E-state index contributed by atoms with van der Waals surface area (Å²) in [5.41, 5.74) is 0. The van der Waals surface area contributed by atoms with Crippen molar-refractivity contribution in [1.29, 1.82) is 0 Å². The fourth-order valence-electron chi connectivity index (χ4n) is 6.05. The molecule has 2 heterocycles. The third kappa shape index (κ3) is 8.44. The van der Waals surface area contributed by atoms with Crippen LogP contribution in [-0.2, 0) is 0 Å². The van der Waals surface area contributed by atoms with Crippen molar-refractivity contribution < 1.29 is 0 Å². The van der Waals surface area contributed by atoms with Gasteiger partial charge in [0, 0.05) is 32.2 Å². The van der Waals surface area contributed by atoms with E-state index in [4.69, 9.17) is 0 Å². The molecule has 4 atom stereocenters. The Morgan fingerprint density at radius 2 is 1.15 bits per heavy atom. The van der Waals surface area contributed by atoms with E-state index < -0.39 is 0 Å². The molecule has 2 unspecified atom stereocenters. The molecule has 2 fully saturated rings. The monoisotopic (exact) mass is 382 g/mol. The third-order valence-electron chi connectivity index (χ3n) is 6.99. The second-order valence-electron chi connectivity index (χ2n) is 10.1. The predicted molar refractivity (Wildman–Crippen MR) is 124 cm³/mol. The van der Waals surface area contributed by atoms with Crippen molar-refractivity contribution in [3.63, 3.8) is 0 Å². The van der Waals surface area contributed by atoms with Gasteiger partial charge in [-0.15, -0.1) is 0 Å². The normalized spacial score (nSPS) is 33.3. The van der Waals surface area contributed by atoms with Gasteiger partial charge in [0.1, 0.15) is 0 Å². The maximum atomic E-state index is 2.63. The Kier molecular flexibility index (Phi) is 13.2. The zero-order valence-electron chi connectivity index (χ0n) is 21.0. The Morgan fingerprint density at radius 3 is 1.44 bits per heavy atom. The van der Waals surface area contributed by atoms with Gasteiger partial charge in [-0.1, -0.05) is 68.7 Å². The van der Waals surface area contributed by atoms with Crippen LogP contribution in [0.25, 0.3) is 0 Å². The number of hydrogen-bond donors (Lipinski definition) is 0. The first-order valence-corrected chi connectivity index (χ1v) is 12.0. The van der Waals surface area contributed by atoms with Gasteiger partial charge >= 0.3 is 0 Å². The fraction of sp³-hybridized carbons (Fsp3) is 1.00. The van der Waals surface area contributed by atoms with Crippen molar-refractivity contribution in [2.45, 2.75) is 88.6 Å². The highest BCUT2D eigenvalue weighted by atomic mass is 15.2. The van der Waals surface area contributed by atoms with E-state index in [2.05, 4.69) is 79.2 Å². The molecule has 0 radical (unpaired) electrons. The van der Waals surface area contributed by atoms with Crippen LogP contribution in [0.5, 0.6) is 0 Å². The number of likely N-dealkylation sites (tertiary alicyclic amines) is 2. The van der Waals surface area contributed by atoms with E-state index in [1.165, 1.54) is 32.6 Å². The van der Waals surface area contributed by atoms with Crippen LogP contribution < -0.4 is 0 Å². The Morgan fingerprint density at radius 1 is 0.741 bits per heavy atom. The van der Waals surface area contributed by atoms with Crippen LogP contribution in [0.2, 0.25) is 0 Å². The number of piperidine rings is 2. The van der Waals surface area contributed by atoms with Gasteiger partial charge in [0.15, 0.2) is 0 Å². The van der Waals surface area contributed by atoms with Crippen molar-refractivity contribution in [1.82, 2.24) is 9.80 Å². The van der Waals surface area contributed by atoms with Crippen LogP contribution in [-0.4, -0.2) is 49.1 Å². The maximum absolute atomic E-state index is 2.63. The summed E-state index contributed by atoms with van der Waals surface area (Å²) in [6.07, 6.45) is 1.36. The van der Waals surface area contributed by atoms with Gasteiger partial charge in [-0.3, -0.25) is 0 Å². The first-order valence-electron chi connectivity index (χ1n) is 12.0. The lowest BCUT2D eigenvalue weighted by atomic mass is 9.73. The molecule has 0 amide bonds. The quantitative estimate of drug-likeness (QED) is 0.549. The average molecular weight is 383 g/mol. The van der Waals surface area contributed by atoms with Crippen molar-refractivity contribution in [2.24, 2.45) is 41.4 Å². The van der Waals surface area contributed by atoms with Crippen LogP contribution in [0.1, 0.15) is 82.6 Å². The minimum atomic E-state index is 0.725. The highest BCUT2D eigenvalue weighted by molar-refractivity contribution is 4.84. The minimum absolute atomic E-state index is 0.725. The summed E-state index contributed by atoms with van der Waals surface area (Å²) in [6.45, 7) is 30.5. The molecule has 0 aliphatic carbocycles. The van der Waals surface area contributed by atoms with Crippen molar-refractivity contribution in [3.05, 3.63) is 0 Å². The lowest BCUT2D eigenvalue weighted by Crippen LogP contribution is -2.47. The lowest BCUT2D eigenvalue weighted by Gasteiger charge is -2.43. The van der Waals surface area contributed by atoms with Crippen molar-refractivity contribution in [2.75, 3.05) is 33.2 Å². The van der Waals surface area contributed by atoms with Gasteiger partial charge in [-0.05, 0) is 62.3 Å². The second-order valence-corrected chi connectivity index (χ2v) is 10.1. The predicted octanol–water partition coefficient (Wildman–Crippen LogP) is 6.51. The molecular weight excluding hydrogens is 328 g/mol. The van der Waals surface area contributed by atoms with Gasteiger partial charge < -0.3 is 9.80 Å². The van der Waals surface area contributed by atoms with E-state index in [1.807, 2.05) is 13.8 Å². The molecule has 2 rings (SSSR count). The lowest BCUT2D eigenvalue weighted by molar-refractivity contribution is 0.0551. The largest absolute Gasteiger partial charge is 0.306 e. The number of hydrogen-bond acceptors (Lipinski definition) is 2. The zero-order chi connectivity index (χ0) is 21.3. The highest BCUT2D eigenvalue weighted by Crippen LogP contribution is 2.33. The summed E-state index contributed by atoms with van der Waals surface area (Å²) in [7, 11) is 2.24. The van der Waals surface area contributed by atoms with Crippen LogP contribution in [0.4, 0.5) is 0 Å². The molecule has 164 valence electrons.